The number of nitriles is 1. The minimum absolute atomic E-state index is 0.145. The Kier molecular flexibility index (Phi) is 7.06. The van der Waals surface area contributed by atoms with Gasteiger partial charge in [-0.25, -0.2) is 23.3 Å². The zero-order valence-corrected chi connectivity index (χ0v) is 21.0. The van der Waals surface area contributed by atoms with Crippen LogP contribution in [-0.2, 0) is 14.5 Å². The smallest absolute Gasteiger partial charge is 0.230 e. The van der Waals surface area contributed by atoms with Crippen molar-refractivity contribution in [3.8, 4) is 23.2 Å². The zero-order valence-electron chi connectivity index (χ0n) is 20.1. The van der Waals surface area contributed by atoms with Gasteiger partial charge in [0.1, 0.15) is 24.3 Å². The van der Waals surface area contributed by atoms with Crippen LogP contribution in [0.2, 0.25) is 0 Å². The number of aromatic nitrogens is 3. The highest BCUT2D eigenvalue weighted by molar-refractivity contribution is 7.91. The average Bonchev–Trinajstić information content (AvgIpc) is 2.85. The number of benzene rings is 2. The molecule has 13 heteroatoms. The van der Waals surface area contributed by atoms with Gasteiger partial charge in [-0.15, -0.1) is 0 Å². The van der Waals surface area contributed by atoms with Crippen LogP contribution in [0.4, 0.5) is 16.0 Å². The Balaban J connectivity index is 1.52. The molecule has 1 amide bonds. The summed E-state index contributed by atoms with van der Waals surface area (Å²) < 4.78 is 40.3. The van der Waals surface area contributed by atoms with Crippen molar-refractivity contribution in [1.29, 1.82) is 10.0 Å². The second-order valence-electron chi connectivity index (χ2n) is 8.71. The molecule has 4 N–H and O–H groups in total. The highest BCUT2D eigenvalue weighted by Gasteiger charge is 2.43. The summed E-state index contributed by atoms with van der Waals surface area (Å²) in [5.41, 5.74) is 7.07. The SMILES string of the molecule is CC(=O)N1CC[C@H](Oc2ccc(-c3ncnc(Nc4ccc(S(C)(=N)=O)cc4)n3)cc2C#N)C(N)(F)C1. The van der Waals surface area contributed by atoms with Gasteiger partial charge in [-0.3, -0.25) is 10.5 Å². The Morgan fingerprint density at radius 3 is 2.68 bits per heavy atom. The molecule has 1 aliphatic heterocycles. The fourth-order valence-electron chi connectivity index (χ4n) is 3.85. The van der Waals surface area contributed by atoms with E-state index in [0.29, 0.717) is 22.7 Å². The molecule has 3 aromatic rings. The van der Waals surface area contributed by atoms with Crippen molar-refractivity contribution in [3.05, 3.63) is 54.4 Å². The Hall–Kier alpha value is -4.15. The van der Waals surface area contributed by atoms with E-state index in [1.165, 1.54) is 36.5 Å². The summed E-state index contributed by atoms with van der Waals surface area (Å²) in [4.78, 5) is 26.0. The number of alkyl halides is 1. The molecule has 1 saturated heterocycles. The summed E-state index contributed by atoms with van der Waals surface area (Å²) in [5, 5.41) is 12.7. The van der Waals surface area contributed by atoms with Crippen molar-refractivity contribution >= 4 is 27.3 Å². The first-order chi connectivity index (χ1) is 17.5. The number of likely N-dealkylation sites (tertiary alicyclic amines) is 1. The highest BCUT2D eigenvalue weighted by Crippen LogP contribution is 2.30. The maximum Gasteiger partial charge on any atom is 0.230 e. The van der Waals surface area contributed by atoms with Crippen molar-refractivity contribution in [2.24, 2.45) is 5.73 Å². The van der Waals surface area contributed by atoms with Crippen molar-refractivity contribution < 1.29 is 18.1 Å². The quantitative estimate of drug-likeness (QED) is 0.410. The third-order valence-electron chi connectivity index (χ3n) is 5.83. The van der Waals surface area contributed by atoms with Crippen LogP contribution < -0.4 is 15.8 Å². The molecule has 37 heavy (non-hydrogen) atoms. The first kappa shape index (κ1) is 25.9. The van der Waals surface area contributed by atoms with Gasteiger partial charge < -0.3 is 15.0 Å². The van der Waals surface area contributed by atoms with Crippen LogP contribution in [-0.4, -0.2) is 61.2 Å². The second kappa shape index (κ2) is 10.1. The number of anilines is 2. The predicted molar refractivity (Wildman–Crippen MR) is 134 cm³/mol. The summed E-state index contributed by atoms with van der Waals surface area (Å²) in [6, 6.07) is 13.2. The molecule has 0 aliphatic carbocycles. The van der Waals surface area contributed by atoms with Gasteiger partial charge in [0, 0.05) is 42.3 Å². The topological polar surface area (TPSA) is 171 Å². The summed E-state index contributed by atoms with van der Waals surface area (Å²) in [6.07, 6.45) is 1.81. The maximum atomic E-state index is 15.0. The summed E-state index contributed by atoms with van der Waals surface area (Å²) in [7, 11) is -2.82. The van der Waals surface area contributed by atoms with Gasteiger partial charge in [0.2, 0.25) is 17.6 Å². The lowest BCUT2D eigenvalue weighted by Gasteiger charge is -2.40. The number of carbonyl (C=O) groups is 1. The molecule has 1 fully saturated rings. The molecule has 1 aromatic heterocycles. The third kappa shape index (κ3) is 5.99. The van der Waals surface area contributed by atoms with Crippen LogP contribution >= 0.6 is 0 Å². The molecule has 4 rings (SSSR count). The minimum Gasteiger partial charge on any atom is -0.484 e. The normalized spacial score (nSPS) is 20.9. The lowest BCUT2D eigenvalue weighted by Crippen LogP contribution is -2.62. The molecule has 0 spiro atoms. The van der Waals surface area contributed by atoms with E-state index >= 15 is 4.39 Å². The summed E-state index contributed by atoms with van der Waals surface area (Å²) in [6.45, 7) is 1.36. The first-order valence-electron chi connectivity index (χ1n) is 11.2. The van der Waals surface area contributed by atoms with Gasteiger partial charge in [0.15, 0.2) is 5.82 Å². The van der Waals surface area contributed by atoms with Gasteiger partial charge >= 0.3 is 0 Å². The second-order valence-corrected chi connectivity index (χ2v) is 10.9. The fraction of sp³-hybridized carbons (Fsp3) is 0.292. The molecule has 2 unspecified atom stereocenters. The van der Waals surface area contributed by atoms with Gasteiger partial charge in [-0.05, 0) is 42.5 Å². The lowest BCUT2D eigenvalue weighted by atomic mass is 9.99. The van der Waals surface area contributed by atoms with Crippen LogP contribution in [0.1, 0.15) is 18.9 Å². The molecule has 192 valence electrons. The third-order valence-corrected chi connectivity index (χ3v) is 7.01. The molecule has 0 bridgehead atoms. The number of ether oxygens (including phenoxy) is 1. The van der Waals surface area contributed by atoms with Crippen molar-refractivity contribution in [2.45, 2.75) is 30.1 Å². The molecule has 0 radical (unpaired) electrons. The molecular formula is C24H25FN8O3S. The maximum absolute atomic E-state index is 15.0. The molecule has 2 aromatic carbocycles. The van der Waals surface area contributed by atoms with Crippen LogP contribution in [0.15, 0.2) is 53.7 Å². The van der Waals surface area contributed by atoms with Crippen molar-refractivity contribution in [1.82, 2.24) is 19.9 Å². The Morgan fingerprint density at radius 1 is 1.32 bits per heavy atom. The molecular weight excluding hydrogens is 499 g/mol. The van der Waals surface area contributed by atoms with Gasteiger partial charge in [-0.2, -0.15) is 10.2 Å². The van der Waals surface area contributed by atoms with E-state index in [-0.39, 0.29) is 42.0 Å². The summed E-state index contributed by atoms with van der Waals surface area (Å²) in [5.74, 6) is -1.85. The van der Waals surface area contributed by atoms with E-state index in [9.17, 15) is 14.3 Å². The Morgan fingerprint density at radius 2 is 2.05 bits per heavy atom. The van der Waals surface area contributed by atoms with Crippen LogP contribution in [0.5, 0.6) is 5.75 Å². The number of amides is 1. The molecule has 11 nitrogen and oxygen atoms in total. The van der Waals surface area contributed by atoms with Crippen LogP contribution in [0.25, 0.3) is 11.4 Å². The van der Waals surface area contributed by atoms with Crippen LogP contribution in [0.3, 0.4) is 0 Å². The predicted octanol–water partition coefficient (Wildman–Crippen LogP) is 2.81. The Labute approximate surface area is 213 Å². The number of piperidine rings is 1. The summed E-state index contributed by atoms with van der Waals surface area (Å²) >= 11 is 0. The monoisotopic (exact) mass is 524 g/mol. The number of nitrogens with two attached hydrogens (primary N) is 1. The van der Waals surface area contributed by atoms with Crippen molar-refractivity contribution in [2.75, 3.05) is 24.7 Å². The lowest BCUT2D eigenvalue weighted by molar-refractivity contribution is -0.137. The van der Waals surface area contributed by atoms with E-state index in [0.717, 1.165) is 0 Å². The average molecular weight is 525 g/mol. The fourth-order valence-corrected chi connectivity index (χ4v) is 4.50. The van der Waals surface area contributed by atoms with E-state index in [1.54, 1.807) is 30.3 Å². The number of rotatable bonds is 6. The van der Waals surface area contributed by atoms with Gasteiger partial charge in [0.25, 0.3) is 0 Å². The van der Waals surface area contributed by atoms with Crippen molar-refractivity contribution in [3.63, 3.8) is 0 Å². The number of hydrogen-bond acceptors (Lipinski definition) is 10. The van der Waals surface area contributed by atoms with E-state index in [2.05, 4.69) is 20.3 Å². The number of hydrogen-bond donors (Lipinski definition) is 3. The minimum atomic E-state index is -2.82. The number of nitrogens with zero attached hydrogens (tertiary/aromatic N) is 5. The standard InChI is InChI=1S/C24H25FN8O3S/c1-15(34)33-10-9-21(24(25,27)13-33)36-20-8-3-16(11-17(20)12-26)22-29-14-30-23(32-22)31-18-4-6-19(7-5-18)37(2,28)35/h3-8,11,14,21,28H,9-10,13,27H2,1-2H3,(H,29,30,31,32)/t21-,24?,37?/m0/s1. The molecule has 2 heterocycles. The van der Waals surface area contributed by atoms with Gasteiger partial charge in [0.05, 0.1) is 21.8 Å². The number of halogens is 1. The zero-order chi connectivity index (χ0) is 26.8. The molecule has 3 atom stereocenters. The van der Waals surface area contributed by atoms with Crippen LogP contribution in [0, 0.1) is 16.1 Å². The highest BCUT2D eigenvalue weighted by atomic mass is 32.2. The van der Waals surface area contributed by atoms with E-state index in [4.69, 9.17) is 15.3 Å². The van der Waals surface area contributed by atoms with E-state index in [1.807, 2.05) is 6.07 Å². The number of nitrogens with one attached hydrogen (secondary N) is 2. The number of carbonyl (C=O) groups excluding carboxylic acids is 1. The Bertz CT molecular complexity index is 1470. The van der Waals surface area contributed by atoms with Gasteiger partial charge in [-0.1, -0.05) is 0 Å². The largest absolute Gasteiger partial charge is 0.484 e. The molecule has 0 saturated carbocycles. The van der Waals surface area contributed by atoms with E-state index < -0.39 is 21.6 Å². The first-order valence-corrected chi connectivity index (χ1v) is 13.2. The molecule has 1 aliphatic rings.